The van der Waals surface area contributed by atoms with Crippen LogP contribution in [0, 0.1) is 0 Å². The van der Waals surface area contributed by atoms with Crippen LogP contribution in [-0.4, -0.2) is 48.3 Å². The molecule has 0 saturated heterocycles. The van der Waals surface area contributed by atoms with Gasteiger partial charge in [-0.05, 0) is 12.8 Å². The molecule has 0 aliphatic heterocycles. The maximum Gasteiger partial charge on any atom is 0.113 e. The van der Waals surface area contributed by atoms with Crippen LogP contribution in [-0.2, 0) is 4.79 Å². The van der Waals surface area contributed by atoms with Crippen LogP contribution in [0.2, 0.25) is 0 Å². The van der Waals surface area contributed by atoms with Gasteiger partial charge in [-0.25, -0.2) is 0 Å². The molecule has 0 fully saturated rings. The minimum absolute atomic E-state index is 0.0470. The Morgan fingerprint density at radius 2 is 1.30 bits per heavy atom. The Morgan fingerprint density at radius 1 is 0.852 bits per heavy atom. The average molecular weight is 386 g/mol. The van der Waals surface area contributed by atoms with E-state index in [-0.39, 0.29) is 6.42 Å². The molecule has 162 valence electrons. The van der Waals surface area contributed by atoms with Crippen LogP contribution in [0.3, 0.4) is 0 Å². The molecule has 27 heavy (non-hydrogen) atoms. The zero-order chi connectivity index (χ0) is 20.6. The molecule has 1 N–H and O–H groups in total. The highest BCUT2D eigenvalue weighted by molar-refractivity contribution is 5.64. The van der Waals surface area contributed by atoms with E-state index in [2.05, 4.69) is 6.92 Å². The molecule has 0 aromatic heterocycles. The van der Waals surface area contributed by atoms with E-state index in [1.165, 1.54) is 70.6 Å². The number of aliphatic carboxylic acids is 1. The van der Waals surface area contributed by atoms with Crippen molar-refractivity contribution in [1.82, 2.24) is 0 Å². The highest BCUT2D eigenvalue weighted by Crippen LogP contribution is 2.23. The van der Waals surface area contributed by atoms with Gasteiger partial charge >= 0.3 is 0 Å². The first-order valence-corrected chi connectivity index (χ1v) is 11.5. The van der Waals surface area contributed by atoms with Crippen LogP contribution in [0.1, 0.15) is 110 Å². The van der Waals surface area contributed by atoms with Crippen molar-refractivity contribution in [2.75, 3.05) is 27.2 Å². The van der Waals surface area contributed by atoms with E-state index < -0.39 is 11.6 Å². The largest absolute Gasteiger partial charge is 0.550 e. The smallest absolute Gasteiger partial charge is 0.113 e. The summed E-state index contributed by atoms with van der Waals surface area (Å²) in [4.78, 5) is 10.7. The monoisotopic (exact) mass is 385 g/mol. The van der Waals surface area contributed by atoms with E-state index in [0.717, 1.165) is 19.3 Å². The summed E-state index contributed by atoms with van der Waals surface area (Å²) in [7, 11) is 3.98. The number of carboxylic acids is 1. The number of unbranched alkanes of at least 4 members (excludes halogenated alkanes) is 11. The summed E-state index contributed by atoms with van der Waals surface area (Å²) in [6.07, 6.45) is 17.4. The van der Waals surface area contributed by atoms with E-state index in [9.17, 15) is 15.0 Å². The number of aliphatic hydroxyl groups is 1. The molecular weight excluding hydrogens is 338 g/mol. The lowest BCUT2D eigenvalue weighted by atomic mass is 9.91. The minimum Gasteiger partial charge on any atom is -0.550 e. The lowest BCUT2D eigenvalue weighted by Gasteiger charge is -2.38. The topological polar surface area (TPSA) is 60.4 Å². The number of carbonyl (C=O) groups excluding carboxylic acids is 1. The number of carbonyl (C=O) groups is 1. The third-order valence-corrected chi connectivity index (χ3v) is 5.80. The number of hydrogen-bond donors (Lipinski definition) is 1. The highest BCUT2D eigenvalue weighted by Gasteiger charge is 2.32. The fourth-order valence-electron chi connectivity index (χ4n) is 3.93. The third-order valence-electron chi connectivity index (χ3n) is 5.80. The molecule has 0 saturated carbocycles. The van der Waals surface area contributed by atoms with Crippen molar-refractivity contribution in [2.24, 2.45) is 0 Å². The maximum absolute atomic E-state index is 10.9. The van der Waals surface area contributed by atoms with E-state index in [1.54, 1.807) is 0 Å². The minimum atomic E-state index is -1.01. The van der Waals surface area contributed by atoms with E-state index >= 15 is 0 Å². The summed E-state index contributed by atoms with van der Waals surface area (Å²) < 4.78 is 0.524. The van der Waals surface area contributed by atoms with Crippen molar-refractivity contribution in [1.29, 1.82) is 0 Å². The van der Waals surface area contributed by atoms with Gasteiger partial charge in [0.05, 0.1) is 20.6 Å². The second kappa shape index (κ2) is 15.3. The van der Waals surface area contributed by atoms with Gasteiger partial charge in [-0.3, -0.25) is 0 Å². The van der Waals surface area contributed by atoms with Crippen LogP contribution < -0.4 is 5.11 Å². The van der Waals surface area contributed by atoms with Crippen molar-refractivity contribution in [3.63, 3.8) is 0 Å². The lowest BCUT2D eigenvalue weighted by Crippen LogP contribution is -2.52. The summed E-state index contributed by atoms with van der Waals surface area (Å²) in [5.41, 5.74) is -0.687. The first kappa shape index (κ1) is 26.4. The van der Waals surface area contributed by atoms with Gasteiger partial charge in [0.1, 0.15) is 12.1 Å². The Hall–Kier alpha value is -0.610. The summed E-state index contributed by atoms with van der Waals surface area (Å²) in [6, 6.07) is 0. The van der Waals surface area contributed by atoms with Gasteiger partial charge in [0.2, 0.25) is 0 Å². The van der Waals surface area contributed by atoms with Crippen molar-refractivity contribution in [2.45, 2.75) is 116 Å². The van der Waals surface area contributed by atoms with E-state index in [0.29, 0.717) is 17.6 Å². The Balaban J connectivity index is 3.78. The van der Waals surface area contributed by atoms with Gasteiger partial charge in [-0.15, -0.1) is 0 Å². The van der Waals surface area contributed by atoms with Crippen LogP contribution in [0.15, 0.2) is 0 Å². The molecule has 4 nitrogen and oxygen atoms in total. The Labute approximate surface area is 168 Å². The van der Waals surface area contributed by atoms with Crippen LogP contribution >= 0.6 is 0 Å². The molecule has 1 atom stereocenters. The third kappa shape index (κ3) is 16.1. The number of rotatable bonds is 19. The van der Waals surface area contributed by atoms with Crippen LogP contribution in [0.5, 0.6) is 0 Å². The molecule has 0 bridgehead atoms. The molecular formula is C23H47NO3. The zero-order valence-corrected chi connectivity index (χ0v) is 18.7. The number of quaternary nitrogens is 1. The van der Waals surface area contributed by atoms with Gasteiger partial charge in [0, 0.05) is 12.4 Å². The van der Waals surface area contributed by atoms with Gasteiger partial charge in [-0.1, -0.05) is 90.9 Å². The molecule has 0 heterocycles. The standard InChI is InChI=1S/C23H47NO3/c1-5-7-8-9-10-11-12-13-14-15-16-17-19-23(27,6-2)21-24(3,4)20-18-22(25)26/h27H,5-21H2,1-4H3. The second-order valence-electron chi connectivity index (χ2n) is 9.16. The molecule has 0 spiro atoms. The number of likely N-dealkylation sites (N-methyl/N-ethyl adjacent to an activating group) is 1. The van der Waals surface area contributed by atoms with Crippen molar-refractivity contribution >= 4 is 5.97 Å². The fourth-order valence-corrected chi connectivity index (χ4v) is 3.93. The molecule has 1 unspecified atom stereocenters. The van der Waals surface area contributed by atoms with Crippen LogP contribution in [0.25, 0.3) is 0 Å². The molecule has 0 aliphatic carbocycles. The van der Waals surface area contributed by atoms with Crippen molar-refractivity contribution in [3.05, 3.63) is 0 Å². The number of nitrogens with zero attached hydrogens (tertiary/aromatic N) is 1. The Morgan fingerprint density at radius 3 is 1.70 bits per heavy atom. The molecule has 0 rings (SSSR count). The van der Waals surface area contributed by atoms with Gasteiger partial charge in [0.25, 0.3) is 0 Å². The van der Waals surface area contributed by atoms with Crippen molar-refractivity contribution in [3.8, 4) is 0 Å². The van der Waals surface area contributed by atoms with Gasteiger partial charge in [0.15, 0.2) is 0 Å². The first-order chi connectivity index (χ1) is 12.7. The predicted molar refractivity (Wildman–Crippen MR) is 112 cm³/mol. The molecule has 0 radical (unpaired) electrons. The summed E-state index contributed by atoms with van der Waals surface area (Å²) >= 11 is 0. The SMILES string of the molecule is CCCCCCCCCCCCCCC(O)(CC)C[N+](C)(C)CCC(=O)[O-]. The first-order valence-electron chi connectivity index (χ1n) is 11.5. The fraction of sp³-hybridized carbons (Fsp3) is 0.957. The lowest BCUT2D eigenvalue weighted by molar-refractivity contribution is -0.896. The second-order valence-corrected chi connectivity index (χ2v) is 9.16. The summed E-state index contributed by atoms with van der Waals surface area (Å²) in [5.74, 6) is -1.01. The van der Waals surface area contributed by atoms with E-state index in [1.807, 2.05) is 21.0 Å². The van der Waals surface area contributed by atoms with Gasteiger partial charge in [-0.2, -0.15) is 0 Å². The highest BCUT2D eigenvalue weighted by atomic mass is 16.4. The molecule has 0 aliphatic rings. The van der Waals surface area contributed by atoms with Crippen molar-refractivity contribution < 1.29 is 19.5 Å². The summed E-state index contributed by atoms with van der Waals surface area (Å²) in [6.45, 7) is 5.40. The zero-order valence-electron chi connectivity index (χ0n) is 18.7. The molecule has 0 amide bonds. The Kier molecular flexibility index (Phi) is 15.0. The normalized spacial score (nSPS) is 14.3. The molecule has 0 aromatic carbocycles. The molecule has 0 aromatic rings. The molecule has 4 heteroatoms. The predicted octanol–water partition coefficient (Wildman–Crippen LogP) is 4.44. The van der Waals surface area contributed by atoms with Crippen LogP contribution in [0.4, 0.5) is 0 Å². The number of carboxylic acid groups (broad SMARTS) is 1. The Bertz CT molecular complexity index is 371. The summed E-state index contributed by atoms with van der Waals surface area (Å²) in [5, 5.41) is 21.6. The number of hydrogen-bond acceptors (Lipinski definition) is 3. The average Bonchev–Trinajstić information content (AvgIpc) is 2.60. The maximum atomic E-state index is 10.9. The van der Waals surface area contributed by atoms with Gasteiger partial charge < -0.3 is 19.5 Å². The van der Waals surface area contributed by atoms with E-state index in [4.69, 9.17) is 0 Å². The quantitative estimate of drug-likeness (QED) is 0.264.